The van der Waals surface area contributed by atoms with Crippen molar-refractivity contribution in [2.75, 3.05) is 13.2 Å². The van der Waals surface area contributed by atoms with Crippen molar-refractivity contribution in [2.24, 2.45) is 0 Å². The van der Waals surface area contributed by atoms with Crippen LogP contribution in [0.4, 0.5) is 0 Å². The first-order valence-corrected chi connectivity index (χ1v) is 4.37. The lowest BCUT2D eigenvalue weighted by Crippen LogP contribution is -1.98. The Kier molecular flexibility index (Phi) is 15.0. The zero-order chi connectivity index (χ0) is 10.5. The predicted molar refractivity (Wildman–Crippen MR) is 49.2 cm³/mol. The van der Waals surface area contributed by atoms with Gasteiger partial charge in [-0.15, -0.1) is 0 Å². The van der Waals surface area contributed by atoms with Crippen LogP contribution in [0.1, 0.15) is 33.6 Å². The SMILES string of the molecule is CCCOC(C)=O.CCCOC=O. The van der Waals surface area contributed by atoms with Gasteiger partial charge in [0.25, 0.3) is 6.47 Å². The molecule has 0 rings (SSSR count). The molecule has 0 N–H and O–H groups in total. The Balaban J connectivity index is 0. The summed E-state index contributed by atoms with van der Waals surface area (Å²) < 4.78 is 8.85. The number of hydrogen-bond acceptors (Lipinski definition) is 4. The van der Waals surface area contributed by atoms with Gasteiger partial charge in [0.05, 0.1) is 13.2 Å². The lowest BCUT2D eigenvalue weighted by molar-refractivity contribution is -0.141. The van der Waals surface area contributed by atoms with Gasteiger partial charge >= 0.3 is 5.97 Å². The molecule has 0 bridgehead atoms. The van der Waals surface area contributed by atoms with Crippen LogP contribution in [0, 0.1) is 0 Å². The maximum absolute atomic E-state index is 9.98. The number of ether oxygens (including phenoxy) is 2. The molecule has 0 radical (unpaired) electrons. The highest BCUT2D eigenvalue weighted by molar-refractivity contribution is 5.65. The summed E-state index contributed by atoms with van der Waals surface area (Å²) in [5.41, 5.74) is 0. The zero-order valence-electron chi connectivity index (χ0n) is 8.54. The van der Waals surface area contributed by atoms with E-state index in [0.29, 0.717) is 19.7 Å². The average Bonchev–Trinajstić information content (AvgIpc) is 2.12. The van der Waals surface area contributed by atoms with Crippen molar-refractivity contribution in [3.63, 3.8) is 0 Å². The molecule has 13 heavy (non-hydrogen) atoms. The number of rotatable bonds is 5. The molecule has 0 saturated carbocycles. The third-order valence-electron chi connectivity index (χ3n) is 0.899. The number of carbonyl (C=O) groups excluding carboxylic acids is 2. The maximum atomic E-state index is 9.98. The first-order valence-electron chi connectivity index (χ1n) is 4.37. The molecule has 0 aromatic rings. The van der Waals surface area contributed by atoms with Crippen LogP contribution < -0.4 is 0 Å². The summed E-state index contributed by atoms with van der Waals surface area (Å²) in [6.45, 7) is 6.88. The summed E-state index contributed by atoms with van der Waals surface area (Å²) >= 11 is 0. The molecular weight excluding hydrogens is 172 g/mol. The molecule has 78 valence electrons. The van der Waals surface area contributed by atoms with E-state index < -0.39 is 0 Å². The van der Waals surface area contributed by atoms with Crippen molar-refractivity contribution < 1.29 is 19.1 Å². The topological polar surface area (TPSA) is 52.6 Å². The van der Waals surface area contributed by atoms with Gasteiger partial charge in [0.2, 0.25) is 0 Å². The second-order valence-electron chi connectivity index (χ2n) is 2.31. The Hall–Kier alpha value is -1.06. The summed E-state index contributed by atoms with van der Waals surface area (Å²) in [5.74, 6) is -0.193. The molecule has 0 spiro atoms. The van der Waals surface area contributed by atoms with E-state index in [9.17, 15) is 9.59 Å². The van der Waals surface area contributed by atoms with Gasteiger partial charge in [-0.05, 0) is 12.8 Å². The Labute approximate surface area is 79.2 Å². The molecule has 0 atom stereocenters. The monoisotopic (exact) mass is 190 g/mol. The predicted octanol–water partition coefficient (Wildman–Crippen LogP) is 1.53. The highest BCUT2D eigenvalue weighted by atomic mass is 16.5. The Morgan fingerprint density at radius 1 is 1.23 bits per heavy atom. The maximum Gasteiger partial charge on any atom is 0.302 e. The molecule has 0 heterocycles. The number of carbonyl (C=O) groups is 2. The van der Waals surface area contributed by atoms with Gasteiger partial charge in [-0.2, -0.15) is 0 Å². The summed E-state index contributed by atoms with van der Waals surface area (Å²) in [4.78, 5) is 19.3. The molecule has 0 aromatic heterocycles. The van der Waals surface area contributed by atoms with Crippen LogP contribution in [0.2, 0.25) is 0 Å². The first kappa shape index (κ1) is 14.5. The van der Waals surface area contributed by atoms with E-state index in [-0.39, 0.29) is 5.97 Å². The van der Waals surface area contributed by atoms with Gasteiger partial charge in [-0.25, -0.2) is 0 Å². The van der Waals surface area contributed by atoms with Gasteiger partial charge in [0, 0.05) is 6.92 Å². The van der Waals surface area contributed by atoms with Crippen LogP contribution in [0.3, 0.4) is 0 Å². The molecule has 0 fully saturated rings. The molecule has 0 aliphatic rings. The summed E-state index contributed by atoms with van der Waals surface area (Å²) in [6, 6.07) is 0. The minimum Gasteiger partial charge on any atom is -0.468 e. The van der Waals surface area contributed by atoms with E-state index in [4.69, 9.17) is 0 Å². The highest BCUT2D eigenvalue weighted by Gasteiger charge is 1.85. The van der Waals surface area contributed by atoms with E-state index in [2.05, 4.69) is 9.47 Å². The van der Waals surface area contributed by atoms with Gasteiger partial charge < -0.3 is 9.47 Å². The molecule has 4 heteroatoms. The van der Waals surface area contributed by atoms with E-state index in [1.165, 1.54) is 6.92 Å². The van der Waals surface area contributed by atoms with Crippen molar-refractivity contribution in [3.05, 3.63) is 0 Å². The quantitative estimate of drug-likeness (QED) is 0.375. The summed E-state index contributed by atoms with van der Waals surface area (Å²) in [6.07, 6.45) is 1.80. The molecular formula is C9H18O4. The first-order chi connectivity index (χ1) is 6.18. The third-order valence-corrected chi connectivity index (χ3v) is 0.899. The van der Waals surface area contributed by atoms with Crippen molar-refractivity contribution in [1.82, 2.24) is 0 Å². The fraction of sp³-hybridized carbons (Fsp3) is 0.778. The molecule has 0 amide bonds. The zero-order valence-corrected chi connectivity index (χ0v) is 8.54. The van der Waals surface area contributed by atoms with E-state index in [1.807, 2.05) is 13.8 Å². The van der Waals surface area contributed by atoms with Crippen LogP contribution in [0.5, 0.6) is 0 Å². The Bertz CT molecular complexity index is 123. The van der Waals surface area contributed by atoms with Crippen LogP contribution >= 0.6 is 0 Å². The van der Waals surface area contributed by atoms with Crippen molar-refractivity contribution in [3.8, 4) is 0 Å². The van der Waals surface area contributed by atoms with Crippen LogP contribution in [0.15, 0.2) is 0 Å². The largest absolute Gasteiger partial charge is 0.468 e. The molecule has 0 unspecified atom stereocenters. The molecule has 4 nitrogen and oxygen atoms in total. The Morgan fingerprint density at radius 2 is 1.77 bits per heavy atom. The second kappa shape index (κ2) is 13.5. The summed E-state index contributed by atoms with van der Waals surface area (Å²) in [5, 5.41) is 0. The lowest BCUT2D eigenvalue weighted by atomic mass is 10.5. The lowest BCUT2D eigenvalue weighted by Gasteiger charge is -1.93. The summed E-state index contributed by atoms with van der Waals surface area (Å²) in [7, 11) is 0. The van der Waals surface area contributed by atoms with E-state index in [1.54, 1.807) is 0 Å². The van der Waals surface area contributed by atoms with Gasteiger partial charge in [-0.3, -0.25) is 9.59 Å². The van der Waals surface area contributed by atoms with E-state index in [0.717, 1.165) is 12.8 Å². The standard InChI is InChI=1S/C5H10O2.C4H8O2/c1-3-4-7-5(2)6;1-2-3-6-4-5/h3-4H2,1-2H3;4H,2-3H2,1H3. The van der Waals surface area contributed by atoms with Gasteiger partial charge in [0.1, 0.15) is 0 Å². The Morgan fingerprint density at radius 3 is 1.92 bits per heavy atom. The molecule has 0 aliphatic heterocycles. The smallest absolute Gasteiger partial charge is 0.302 e. The van der Waals surface area contributed by atoms with Crippen LogP contribution in [-0.2, 0) is 19.1 Å². The highest BCUT2D eigenvalue weighted by Crippen LogP contribution is 1.78. The van der Waals surface area contributed by atoms with Crippen LogP contribution in [-0.4, -0.2) is 25.7 Å². The van der Waals surface area contributed by atoms with E-state index >= 15 is 0 Å². The minimum absolute atomic E-state index is 0.193. The minimum atomic E-state index is -0.193. The fourth-order valence-corrected chi connectivity index (χ4v) is 0.412. The fourth-order valence-electron chi connectivity index (χ4n) is 0.412. The second-order valence-corrected chi connectivity index (χ2v) is 2.31. The van der Waals surface area contributed by atoms with Crippen molar-refractivity contribution in [1.29, 1.82) is 0 Å². The average molecular weight is 190 g/mol. The number of esters is 1. The third kappa shape index (κ3) is 24.8. The molecule has 0 saturated heterocycles. The van der Waals surface area contributed by atoms with Gasteiger partial charge in [-0.1, -0.05) is 13.8 Å². The van der Waals surface area contributed by atoms with Crippen LogP contribution in [0.25, 0.3) is 0 Å². The normalized spacial score (nSPS) is 7.92. The molecule has 0 aliphatic carbocycles. The molecule has 0 aromatic carbocycles. The van der Waals surface area contributed by atoms with Crippen molar-refractivity contribution in [2.45, 2.75) is 33.6 Å². The number of hydrogen-bond donors (Lipinski definition) is 0. The van der Waals surface area contributed by atoms with Gasteiger partial charge in [0.15, 0.2) is 0 Å². The van der Waals surface area contributed by atoms with Crippen molar-refractivity contribution >= 4 is 12.4 Å².